The van der Waals surface area contributed by atoms with Crippen molar-refractivity contribution in [2.24, 2.45) is 10.9 Å². The highest BCUT2D eigenvalue weighted by Crippen LogP contribution is 2.30. The number of hydrogen-bond acceptors (Lipinski definition) is 3. The van der Waals surface area contributed by atoms with Gasteiger partial charge in [-0.2, -0.15) is 0 Å². The monoisotopic (exact) mass is 229 g/mol. The summed E-state index contributed by atoms with van der Waals surface area (Å²) in [5, 5.41) is 0. The maximum atomic E-state index is 4.64. The van der Waals surface area contributed by atoms with Crippen LogP contribution in [-0.2, 0) is 6.42 Å². The molecule has 2 aliphatic heterocycles. The van der Waals surface area contributed by atoms with Crippen molar-refractivity contribution in [1.29, 1.82) is 0 Å². The van der Waals surface area contributed by atoms with Gasteiger partial charge in [0.25, 0.3) is 0 Å². The number of hydrogen-bond donors (Lipinski definition) is 0. The van der Waals surface area contributed by atoms with Crippen molar-refractivity contribution in [3.05, 3.63) is 29.8 Å². The first-order chi connectivity index (χ1) is 8.25. The van der Waals surface area contributed by atoms with Crippen LogP contribution in [0.15, 0.2) is 29.3 Å². The fourth-order valence-electron chi connectivity index (χ4n) is 2.80. The first-order valence-corrected chi connectivity index (χ1v) is 6.37. The van der Waals surface area contributed by atoms with Crippen LogP contribution in [0, 0.1) is 5.92 Å². The minimum Gasteiger partial charge on any atom is -0.344 e. The fraction of sp³-hybridized carbons (Fsp3) is 0.500. The Morgan fingerprint density at radius 1 is 1.29 bits per heavy atom. The third-order valence-corrected chi connectivity index (χ3v) is 3.62. The van der Waals surface area contributed by atoms with Gasteiger partial charge in [0.15, 0.2) is 0 Å². The minimum atomic E-state index is 0.696. The summed E-state index contributed by atoms with van der Waals surface area (Å²) in [5.74, 6) is 1.84. The zero-order valence-corrected chi connectivity index (χ0v) is 10.6. The van der Waals surface area contributed by atoms with Gasteiger partial charge in [0.2, 0.25) is 5.96 Å². The van der Waals surface area contributed by atoms with Gasteiger partial charge >= 0.3 is 0 Å². The van der Waals surface area contributed by atoms with Gasteiger partial charge in [-0.15, -0.1) is 0 Å². The highest BCUT2D eigenvalue weighted by molar-refractivity contribution is 5.98. The normalized spacial score (nSPS) is 23.6. The molecule has 1 aromatic carbocycles. The van der Waals surface area contributed by atoms with E-state index in [1.165, 1.54) is 17.7 Å². The molecule has 0 amide bonds. The Morgan fingerprint density at radius 3 is 2.88 bits per heavy atom. The molecular weight excluding hydrogens is 210 g/mol. The van der Waals surface area contributed by atoms with Gasteiger partial charge in [-0.25, -0.2) is 0 Å². The average molecular weight is 229 g/mol. The van der Waals surface area contributed by atoms with E-state index >= 15 is 0 Å². The number of fused-ring (bicyclic) bond motifs is 1. The van der Waals surface area contributed by atoms with Crippen molar-refractivity contribution in [3.8, 4) is 0 Å². The van der Waals surface area contributed by atoms with E-state index < -0.39 is 0 Å². The summed E-state index contributed by atoms with van der Waals surface area (Å²) in [4.78, 5) is 9.29. The molecule has 2 heterocycles. The van der Waals surface area contributed by atoms with Gasteiger partial charge in [0, 0.05) is 25.8 Å². The van der Waals surface area contributed by atoms with Crippen molar-refractivity contribution in [1.82, 2.24) is 4.90 Å². The quantitative estimate of drug-likeness (QED) is 0.677. The van der Waals surface area contributed by atoms with Gasteiger partial charge < -0.3 is 9.80 Å². The molecule has 0 radical (unpaired) electrons. The van der Waals surface area contributed by atoms with Crippen molar-refractivity contribution in [2.45, 2.75) is 13.3 Å². The van der Waals surface area contributed by atoms with E-state index in [4.69, 9.17) is 0 Å². The number of nitrogens with zero attached hydrogens (tertiary/aromatic N) is 3. The molecule has 0 saturated heterocycles. The van der Waals surface area contributed by atoms with Crippen LogP contribution in [-0.4, -0.2) is 37.5 Å². The summed E-state index contributed by atoms with van der Waals surface area (Å²) >= 11 is 0. The van der Waals surface area contributed by atoms with Gasteiger partial charge in [-0.05, 0) is 24.0 Å². The van der Waals surface area contributed by atoms with E-state index in [1.807, 2.05) is 0 Å². The van der Waals surface area contributed by atoms with Crippen molar-refractivity contribution in [3.63, 3.8) is 0 Å². The van der Waals surface area contributed by atoms with Gasteiger partial charge in [-0.3, -0.25) is 4.99 Å². The molecule has 1 aromatic rings. The summed E-state index contributed by atoms with van der Waals surface area (Å²) in [6.45, 7) is 5.37. The van der Waals surface area contributed by atoms with E-state index in [9.17, 15) is 0 Å². The molecule has 0 aromatic heterocycles. The lowest BCUT2D eigenvalue weighted by molar-refractivity contribution is 0.516. The number of rotatable bonds is 0. The summed E-state index contributed by atoms with van der Waals surface area (Å²) in [5.41, 5.74) is 2.80. The second kappa shape index (κ2) is 4.06. The lowest BCUT2D eigenvalue weighted by Crippen LogP contribution is -2.45. The Labute approximate surface area is 103 Å². The highest BCUT2D eigenvalue weighted by atomic mass is 15.4. The van der Waals surface area contributed by atoms with Crippen LogP contribution >= 0.6 is 0 Å². The van der Waals surface area contributed by atoms with Crippen molar-refractivity contribution >= 4 is 11.6 Å². The average Bonchev–Trinajstić information content (AvgIpc) is 2.74. The van der Waals surface area contributed by atoms with E-state index in [0.717, 1.165) is 25.6 Å². The SMILES string of the molecule is CC1Cc2ccccc2N(C2=NCCN2C)C1. The molecule has 0 N–H and O–H groups in total. The molecule has 3 rings (SSSR count). The van der Waals surface area contributed by atoms with Gasteiger partial charge in [0.1, 0.15) is 0 Å². The molecule has 2 aliphatic rings. The fourth-order valence-corrected chi connectivity index (χ4v) is 2.80. The number of anilines is 1. The van der Waals surface area contributed by atoms with Crippen LogP contribution in [0.1, 0.15) is 12.5 Å². The number of likely N-dealkylation sites (N-methyl/N-ethyl adjacent to an activating group) is 1. The smallest absolute Gasteiger partial charge is 0.201 e. The Bertz CT molecular complexity index is 453. The van der Waals surface area contributed by atoms with E-state index in [1.54, 1.807) is 0 Å². The maximum Gasteiger partial charge on any atom is 0.201 e. The number of guanidine groups is 1. The molecule has 1 unspecified atom stereocenters. The second-order valence-electron chi connectivity index (χ2n) is 5.15. The zero-order valence-electron chi connectivity index (χ0n) is 10.6. The largest absolute Gasteiger partial charge is 0.344 e. The number of aliphatic imine (C=N–C) groups is 1. The number of para-hydroxylation sites is 1. The molecule has 90 valence electrons. The van der Waals surface area contributed by atoms with Crippen LogP contribution in [0.5, 0.6) is 0 Å². The van der Waals surface area contributed by atoms with Crippen molar-refractivity contribution < 1.29 is 0 Å². The predicted molar refractivity (Wildman–Crippen MR) is 71.6 cm³/mol. The molecule has 3 heteroatoms. The summed E-state index contributed by atoms with van der Waals surface area (Å²) < 4.78 is 0. The lowest BCUT2D eigenvalue weighted by Gasteiger charge is -2.36. The van der Waals surface area contributed by atoms with Crippen LogP contribution in [0.4, 0.5) is 5.69 Å². The zero-order chi connectivity index (χ0) is 11.8. The molecule has 17 heavy (non-hydrogen) atoms. The summed E-state index contributed by atoms with van der Waals surface area (Å²) in [6.07, 6.45) is 1.18. The first-order valence-electron chi connectivity index (χ1n) is 6.37. The van der Waals surface area contributed by atoms with Crippen molar-refractivity contribution in [2.75, 3.05) is 31.6 Å². The standard InChI is InChI=1S/C14H19N3/c1-11-9-12-5-3-4-6-13(12)17(10-11)14-15-7-8-16(14)2/h3-6,11H,7-10H2,1-2H3. The molecule has 1 atom stereocenters. The van der Waals surface area contributed by atoms with Gasteiger partial charge in [0.05, 0.1) is 6.54 Å². The van der Waals surface area contributed by atoms with Crippen LogP contribution in [0.25, 0.3) is 0 Å². The molecule has 3 nitrogen and oxygen atoms in total. The number of benzene rings is 1. The van der Waals surface area contributed by atoms with Gasteiger partial charge in [-0.1, -0.05) is 25.1 Å². The Hall–Kier alpha value is -1.51. The minimum absolute atomic E-state index is 0.696. The molecule has 0 saturated carbocycles. The van der Waals surface area contributed by atoms with E-state index in [0.29, 0.717) is 5.92 Å². The highest BCUT2D eigenvalue weighted by Gasteiger charge is 2.28. The Kier molecular flexibility index (Phi) is 2.54. The Morgan fingerprint density at radius 2 is 2.12 bits per heavy atom. The first kappa shape index (κ1) is 10.6. The summed E-state index contributed by atoms with van der Waals surface area (Å²) in [6, 6.07) is 8.72. The third-order valence-electron chi connectivity index (χ3n) is 3.62. The molecule has 0 bridgehead atoms. The maximum absolute atomic E-state index is 4.64. The summed E-state index contributed by atoms with van der Waals surface area (Å²) in [7, 11) is 2.13. The van der Waals surface area contributed by atoms with Crippen LogP contribution < -0.4 is 4.90 Å². The predicted octanol–water partition coefficient (Wildman–Crippen LogP) is 1.99. The van der Waals surface area contributed by atoms with E-state index in [-0.39, 0.29) is 0 Å². The lowest BCUT2D eigenvalue weighted by atomic mass is 9.94. The molecular formula is C14H19N3. The third kappa shape index (κ3) is 1.79. The topological polar surface area (TPSA) is 18.8 Å². The second-order valence-corrected chi connectivity index (χ2v) is 5.15. The van der Waals surface area contributed by atoms with Crippen LogP contribution in [0.2, 0.25) is 0 Å². The molecule has 0 aliphatic carbocycles. The van der Waals surface area contributed by atoms with E-state index in [2.05, 4.69) is 53.0 Å². The molecule has 0 spiro atoms. The Balaban J connectivity index is 2.00. The van der Waals surface area contributed by atoms with Crippen LogP contribution in [0.3, 0.4) is 0 Å². The molecule has 0 fully saturated rings.